The predicted octanol–water partition coefficient (Wildman–Crippen LogP) is 5.66. The number of anilines is 2. The molecule has 1 saturated heterocycles. The van der Waals surface area contributed by atoms with Crippen molar-refractivity contribution in [2.24, 2.45) is 16.4 Å². The monoisotopic (exact) mass is 507 g/mol. The summed E-state index contributed by atoms with van der Waals surface area (Å²) in [6, 6.07) is 26.2. The predicted molar refractivity (Wildman–Crippen MR) is 150 cm³/mol. The molecule has 3 heterocycles. The van der Waals surface area contributed by atoms with E-state index in [4.69, 9.17) is 9.84 Å². The molecule has 194 valence electrons. The minimum Gasteiger partial charge on any atom is -0.462 e. The van der Waals surface area contributed by atoms with Gasteiger partial charge < -0.3 is 9.64 Å². The molecule has 3 atom stereocenters. The van der Waals surface area contributed by atoms with Crippen molar-refractivity contribution in [2.75, 3.05) is 23.1 Å². The maximum absolute atomic E-state index is 14.4. The molecule has 1 spiro atoms. The first-order chi connectivity index (χ1) is 18.5. The first-order valence-corrected chi connectivity index (χ1v) is 13.6. The zero-order valence-electron chi connectivity index (χ0n) is 22.0. The van der Waals surface area contributed by atoms with Gasteiger partial charge in [-0.2, -0.15) is 10.1 Å². The zero-order valence-corrected chi connectivity index (χ0v) is 22.0. The molecule has 0 saturated carbocycles. The number of carbonyl (C=O) groups is 2. The molecule has 0 unspecified atom stereocenters. The minimum atomic E-state index is -0.719. The van der Waals surface area contributed by atoms with Gasteiger partial charge in [-0.1, -0.05) is 48.5 Å². The lowest BCUT2D eigenvalue weighted by Gasteiger charge is -2.52. The Morgan fingerprint density at radius 3 is 2.53 bits per heavy atom. The highest BCUT2D eigenvalue weighted by atomic mass is 16.5. The number of piperidine rings is 1. The smallest absolute Gasteiger partial charge is 0.338 e. The second kappa shape index (κ2) is 9.75. The molecule has 0 bridgehead atoms. The van der Waals surface area contributed by atoms with E-state index in [1.54, 1.807) is 36.2 Å². The number of esters is 1. The van der Waals surface area contributed by atoms with E-state index in [-0.39, 0.29) is 17.9 Å². The summed E-state index contributed by atoms with van der Waals surface area (Å²) in [6.45, 7) is 5.04. The van der Waals surface area contributed by atoms with Gasteiger partial charge in [-0.15, -0.1) is 0 Å². The molecule has 3 aliphatic rings. The molecule has 6 heteroatoms. The number of ether oxygens (including phenoxy) is 1. The van der Waals surface area contributed by atoms with Gasteiger partial charge in [-0.25, -0.2) is 4.79 Å². The minimum absolute atomic E-state index is 0.0174. The van der Waals surface area contributed by atoms with Gasteiger partial charge in [0.25, 0.3) is 5.91 Å². The lowest BCUT2D eigenvalue weighted by atomic mass is 9.64. The summed E-state index contributed by atoms with van der Waals surface area (Å²) in [5.74, 6) is 0.150. The second-order valence-corrected chi connectivity index (χ2v) is 10.6. The average molecular weight is 508 g/mol. The number of fused-ring (bicyclic) bond motifs is 4. The average Bonchev–Trinajstić information content (AvgIpc) is 3.19. The van der Waals surface area contributed by atoms with Gasteiger partial charge in [-0.05, 0) is 86.9 Å². The summed E-state index contributed by atoms with van der Waals surface area (Å²) in [6.07, 6.45) is 3.71. The Balaban J connectivity index is 1.34. The summed E-state index contributed by atoms with van der Waals surface area (Å²) >= 11 is 0. The number of rotatable bonds is 5. The standard InChI is InChI=1S/C32H33N3O3/c1-3-38-30(36)25-13-15-27(16-14-25)35-31(37)32(22(2)33-35)21-26-11-7-8-12-28(26)34-18-17-24(20-29(32)34)19-23-9-5-4-6-10-23/h4-16,24,29H,3,17-21H2,1-2H3/t24-,29+,32-/m0/s1. The van der Waals surface area contributed by atoms with Crippen molar-refractivity contribution in [2.45, 2.75) is 45.6 Å². The fourth-order valence-electron chi connectivity index (χ4n) is 6.63. The van der Waals surface area contributed by atoms with Crippen molar-refractivity contribution < 1.29 is 14.3 Å². The lowest BCUT2D eigenvalue weighted by molar-refractivity contribution is -0.125. The zero-order chi connectivity index (χ0) is 26.3. The van der Waals surface area contributed by atoms with Crippen molar-refractivity contribution in [3.05, 3.63) is 95.6 Å². The number of hydrazone groups is 1. The molecule has 0 radical (unpaired) electrons. The fraction of sp³-hybridized carbons (Fsp3) is 0.344. The SMILES string of the molecule is CCOC(=O)c1ccc(N2N=C(C)[C@]3(Cc4ccccc4N4CC[C@@H](Cc5ccccc5)C[C@@H]43)C2=O)cc1. The number of hydrogen-bond acceptors (Lipinski definition) is 5. The van der Waals surface area contributed by atoms with E-state index < -0.39 is 5.41 Å². The Labute approximate surface area is 223 Å². The molecule has 0 aromatic heterocycles. The number of amides is 1. The van der Waals surface area contributed by atoms with Crippen LogP contribution in [0.5, 0.6) is 0 Å². The molecular formula is C32H33N3O3. The molecular weight excluding hydrogens is 474 g/mol. The van der Waals surface area contributed by atoms with E-state index >= 15 is 0 Å². The first-order valence-electron chi connectivity index (χ1n) is 13.6. The number of nitrogens with zero attached hydrogens (tertiary/aromatic N) is 3. The number of hydrogen-bond donors (Lipinski definition) is 0. The Hall–Kier alpha value is -3.93. The molecule has 3 aromatic carbocycles. The highest BCUT2D eigenvalue weighted by Crippen LogP contribution is 2.50. The Bertz CT molecular complexity index is 1380. The second-order valence-electron chi connectivity index (χ2n) is 10.6. The quantitative estimate of drug-likeness (QED) is 0.419. The molecule has 3 aliphatic heterocycles. The summed E-state index contributed by atoms with van der Waals surface area (Å²) in [7, 11) is 0. The molecule has 38 heavy (non-hydrogen) atoms. The van der Waals surface area contributed by atoms with Crippen LogP contribution in [0.15, 0.2) is 84.0 Å². The van der Waals surface area contributed by atoms with Gasteiger partial charge in [0, 0.05) is 18.3 Å². The molecule has 0 N–H and O–H groups in total. The first kappa shape index (κ1) is 24.4. The molecule has 6 nitrogen and oxygen atoms in total. The largest absolute Gasteiger partial charge is 0.462 e. The van der Waals surface area contributed by atoms with Crippen LogP contribution >= 0.6 is 0 Å². The summed E-state index contributed by atoms with van der Waals surface area (Å²) in [5.41, 5.74) is 5.08. The Morgan fingerprint density at radius 2 is 1.76 bits per heavy atom. The Morgan fingerprint density at radius 1 is 1.03 bits per heavy atom. The summed E-state index contributed by atoms with van der Waals surface area (Å²) in [4.78, 5) is 29.1. The van der Waals surface area contributed by atoms with E-state index in [1.807, 2.05) is 6.92 Å². The van der Waals surface area contributed by atoms with Crippen molar-refractivity contribution >= 4 is 29.0 Å². The highest BCUT2D eigenvalue weighted by molar-refractivity contribution is 6.20. The van der Waals surface area contributed by atoms with E-state index in [1.165, 1.54) is 16.8 Å². The third-order valence-electron chi connectivity index (χ3n) is 8.51. The van der Waals surface area contributed by atoms with Crippen LogP contribution < -0.4 is 9.91 Å². The molecule has 0 aliphatic carbocycles. The Kier molecular flexibility index (Phi) is 6.26. The van der Waals surface area contributed by atoms with Gasteiger partial charge in [-0.3, -0.25) is 4.79 Å². The van der Waals surface area contributed by atoms with Crippen LogP contribution in [0.25, 0.3) is 0 Å². The van der Waals surface area contributed by atoms with Crippen molar-refractivity contribution in [3.63, 3.8) is 0 Å². The van der Waals surface area contributed by atoms with Crippen molar-refractivity contribution in [1.82, 2.24) is 0 Å². The number of para-hydroxylation sites is 1. The molecule has 6 rings (SSSR count). The van der Waals surface area contributed by atoms with E-state index in [0.717, 1.165) is 31.5 Å². The molecule has 3 aromatic rings. The highest BCUT2D eigenvalue weighted by Gasteiger charge is 2.59. The van der Waals surface area contributed by atoms with Gasteiger partial charge in [0.15, 0.2) is 0 Å². The van der Waals surface area contributed by atoms with Crippen LogP contribution in [-0.2, 0) is 22.4 Å². The van der Waals surface area contributed by atoms with E-state index in [0.29, 0.717) is 30.2 Å². The van der Waals surface area contributed by atoms with Gasteiger partial charge >= 0.3 is 5.97 Å². The number of benzene rings is 3. The van der Waals surface area contributed by atoms with E-state index in [9.17, 15) is 9.59 Å². The summed E-state index contributed by atoms with van der Waals surface area (Å²) < 4.78 is 5.11. The topological polar surface area (TPSA) is 62.2 Å². The third kappa shape index (κ3) is 3.99. The number of carbonyl (C=O) groups excluding carboxylic acids is 2. The maximum atomic E-state index is 14.4. The van der Waals surface area contributed by atoms with Crippen LogP contribution in [0.3, 0.4) is 0 Å². The lowest BCUT2D eigenvalue weighted by Crippen LogP contribution is -2.62. The maximum Gasteiger partial charge on any atom is 0.338 e. The summed E-state index contributed by atoms with van der Waals surface area (Å²) in [5, 5.41) is 6.41. The normalized spacial score (nSPS) is 24.2. The van der Waals surface area contributed by atoms with Crippen LogP contribution in [0, 0.1) is 11.3 Å². The van der Waals surface area contributed by atoms with Crippen molar-refractivity contribution in [3.8, 4) is 0 Å². The fourth-order valence-corrected chi connectivity index (χ4v) is 6.63. The molecule has 1 amide bonds. The van der Waals surface area contributed by atoms with Crippen LogP contribution in [0.2, 0.25) is 0 Å². The van der Waals surface area contributed by atoms with Gasteiger partial charge in [0.1, 0.15) is 5.41 Å². The van der Waals surface area contributed by atoms with Gasteiger partial charge in [0.2, 0.25) is 0 Å². The van der Waals surface area contributed by atoms with Crippen LogP contribution in [0.1, 0.15) is 48.2 Å². The van der Waals surface area contributed by atoms with Crippen molar-refractivity contribution in [1.29, 1.82) is 0 Å². The third-order valence-corrected chi connectivity index (χ3v) is 8.51. The van der Waals surface area contributed by atoms with E-state index in [2.05, 4.69) is 59.5 Å². The van der Waals surface area contributed by atoms with Crippen LogP contribution in [-0.4, -0.2) is 36.8 Å². The van der Waals surface area contributed by atoms with Gasteiger partial charge in [0.05, 0.1) is 23.6 Å². The molecule has 1 fully saturated rings. The van der Waals surface area contributed by atoms with Crippen LogP contribution in [0.4, 0.5) is 11.4 Å².